The molecule has 1 unspecified atom stereocenters. The molecule has 1 aromatic carbocycles. The summed E-state index contributed by atoms with van der Waals surface area (Å²) in [4.78, 5) is 12.0. The van der Waals surface area contributed by atoms with Gasteiger partial charge >= 0.3 is 0 Å². The number of hydrogen-bond donors (Lipinski definition) is 2. The zero-order valence-electron chi connectivity index (χ0n) is 11.1. The average molecular weight is 260 g/mol. The van der Waals surface area contributed by atoms with Crippen molar-refractivity contribution in [3.05, 3.63) is 23.8 Å². The second kappa shape index (κ2) is 5.61. The number of hydrogen-bond acceptors (Lipinski definition) is 3. The molecule has 1 fully saturated rings. The molecule has 0 spiro atoms. The van der Waals surface area contributed by atoms with E-state index in [1.165, 1.54) is 5.56 Å². The van der Waals surface area contributed by atoms with E-state index < -0.39 is 0 Å². The number of carbonyl (C=O) groups is 1. The largest absolute Gasteiger partial charge is 0.383 e. The van der Waals surface area contributed by atoms with Crippen LogP contribution in [0.3, 0.4) is 0 Å². The first-order valence-electron chi connectivity index (χ1n) is 7.10. The normalized spacial score (nSPS) is 21.6. The molecule has 4 nitrogen and oxygen atoms in total. The molecule has 1 saturated heterocycles. The van der Waals surface area contributed by atoms with Crippen molar-refractivity contribution in [2.45, 2.75) is 38.2 Å². The highest BCUT2D eigenvalue weighted by Crippen LogP contribution is 2.30. The van der Waals surface area contributed by atoms with E-state index in [9.17, 15) is 4.79 Å². The van der Waals surface area contributed by atoms with Crippen LogP contribution in [-0.4, -0.2) is 25.2 Å². The van der Waals surface area contributed by atoms with Gasteiger partial charge < -0.3 is 15.4 Å². The van der Waals surface area contributed by atoms with Crippen molar-refractivity contribution in [3.63, 3.8) is 0 Å². The third kappa shape index (κ3) is 2.89. The second-order valence-corrected chi connectivity index (χ2v) is 5.26. The van der Waals surface area contributed by atoms with E-state index in [2.05, 4.69) is 16.7 Å². The smallest absolute Gasteiger partial charge is 0.227 e. The predicted octanol–water partition coefficient (Wildman–Crippen LogP) is 2.55. The molecule has 0 bridgehead atoms. The Hall–Kier alpha value is -1.55. The van der Waals surface area contributed by atoms with Gasteiger partial charge in [-0.2, -0.15) is 0 Å². The number of rotatable bonds is 3. The summed E-state index contributed by atoms with van der Waals surface area (Å²) < 4.78 is 5.50. The standard InChI is InChI=1S/C15H20N2O2/c18-14(10-12-6-3-9-19-12)17-13-7-1-4-11-5-2-8-16-15(11)13/h1,4,7,12,16H,2-3,5-6,8-10H2,(H,17,18). The molecule has 19 heavy (non-hydrogen) atoms. The van der Waals surface area contributed by atoms with Crippen molar-refractivity contribution in [1.29, 1.82) is 0 Å². The molecule has 4 heteroatoms. The lowest BCUT2D eigenvalue weighted by atomic mass is 10.0. The van der Waals surface area contributed by atoms with Gasteiger partial charge in [0, 0.05) is 13.2 Å². The average Bonchev–Trinajstić information content (AvgIpc) is 2.92. The van der Waals surface area contributed by atoms with Crippen LogP contribution in [0.25, 0.3) is 0 Å². The van der Waals surface area contributed by atoms with Gasteiger partial charge in [-0.05, 0) is 37.3 Å². The predicted molar refractivity (Wildman–Crippen MR) is 75.5 cm³/mol. The van der Waals surface area contributed by atoms with Gasteiger partial charge in [-0.3, -0.25) is 4.79 Å². The van der Waals surface area contributed by atoms with E-state index in [4.69, 9.17) is 4.74 Å². The third-order valence-electron chi connectivity index (χ3n) is 3.79. The van der Waals surface area contributed by atoms with Crippen LogP contribution in [0, 0.1) is 0 Å². The summed E-state index contributed by atoms with van der Waals surface area (Å²) in [6, 6.07) is 6.09. The van der Waals surface area contributed by atoms with Gasteiger partial charge in [0.15, 0.2) is 0 Å². The molecule has 1 atom stereocenters. The monoisotopic (exact) mass is 260 g/mol. The lowest BCUT2D eigenvalue weighted by molar-refractivity contribution is -0.118. The van der Waals surface area contributed by atoms with Crippen molar-refractivity contribution >= 4 is 17.3 Å². The molecular formula is C15H20N2O2. The molecule has 0 aromatic heterocycles. The van der Waals surface area contributed by atoms with Gasteiger partial charge in [0.05, 0.1) is 23.9 Å². The van der Waals surface area contributed by atoms with Crippen molar-refractivity contribution < 1.29 is 9.53 Å². The number of benzene rings is 1. The van der Waals surface area contributed by atoms with E-state index in [-0.39, 0.29) is 12.0 Å². The molecule has 0 aliphatic carbocycles. The summed E-state index contributed by atoms with van der Waals surface area (Å²) in [6.07, 6.45) is 4.87. The summed E-state index contributed by atoms with van der Waals surface area (Å²) in [5.41, 5.74) is 3.29. The van der Waals surface area contributed by atoms with Crippen LogP contribution >= 0.6 is 0 Å². The molecule has 2 N–H and O–H groups in total. The zero-order valence-corrected chi connectivity index (χ0v) is 11.1. The highest BCUT2D eigenvalue weighted by atomic mass is 16.5. The summed E-state index contributed by atoms with van der Waals surface area (Å²) in [5, 5.41) is 6.40. The highest BCUT2D eigenvalue weighted by molar-refractivity contribution is 5.95. The second-order valence-electron chi connectivity index (χ2n) is 5.26. The summed E-state index contributed by atoms with van der Waals surface area (Å²) in [7, 11) is 0. The zero-order chi connectivity index (χ0) is 13.1. The summed E-state index contributed by atoms with van der Waals surface area (Å²) in [6.45, 7) is 1.77. The minimum absolute atomic E-state index is 0.0488. The third-order valence-corrected chi connectivity index (χ3v) is 3.79. The van der Waals surface area contributed by atoms with Crippen molar-refractivity contribution in [2.75, 3.05) is 23.8 Å². The first kappa shape index (κ1) is 12.5. The van der Waals surface area contributed by atoms with Crippen LogP contribution in [0.2, 0.25) is 0 Å². The Bertz CT molecular complexity index is 467. The Morgan fingerprint density at radius 2 is 2.37 bits per heavy atom. The molecule has 1 aromatic rings. The fourth-order valence-corrected chi connectivity index (χ4v) is 2.83. The molecule has 2 aliphatic rings. The first-order valence-corrected chi connectivity index (χ1v) is 7.10. The van der Waals surface area contributed by atoms with E-state index in [1.807, 2.05) is 12.1 Å². The SMILES string of the molecule is O=C(CC1CCCO1)Nc1cccc2c1NCCC2. The molecule has 2 aliphatic heterocycles. The van der Waals surface area contributed by atoms with Crippen LogP contribution in [0.1, 0.15) is 31.2 Å². The lowest BCUT2D eigenvalue weighted by Crippen LogP contribution is -2.21. The Kier molecular flexibility index (Phi) is 3.69. The topological polar surface area (TPSA) is 50.4 Å². The van der Waals surface area contributed by atoms with Gasteiger partial charge in [-0.25, -0.2) is 0 Å². The van der Waals surface area contributed by atoms with Gasteiger partial charge in [0.25, 0.3) is 0 Å². The van der Waals surface area contributed by atoms with Crippen molar-refractivity contribution in [1.82, 2.24) is 0 Å². The number of aryl methyl sites for hydroxylation is 1. The van der Waals surface area contributed by atoms with Crippen LogP contribution in [0.15, 0.2) is 18.2 Å². The highest BCUT2D eigenvalue weighted by Gasteiger charge is 2.20. The van der Waals surface area contributed by atoms with Gasteiger partial charge in [-0.1, -0.05) is 12.1 Å². The molecule has 102 valence electrons. The van der Waals surface area contributed by atoms with E-state index in [1.54, 1.807) is 0 Å². The van der Waals surface area contributed by atoms with Crippen LogP contribution in [0.4, 0.5) is 11.4 Å². The van der Waals surface area contributed by atoms with E-state index >= 15 is 0 Å². The lowest BCUT2D eigenvalue weighted by Gasteiger charge is -2.21. The Labute approximate surface area is 113 Å². The Balaban J connectivity index is 1.67. The number of carbonyl (C=O) groups excluding carboxylic acids is 1. The number of para-hydroxylation sites is 1. The van der Waals surface area contributed by atoms with Crippen LogP contribution in [-0.2, 0) is 16.0 Å². The number of fused-ring (bicyclic) bond motifs is 1. The maximum Gasteiger partial charge on any atom is 0.227 e. The minimum atomic E-state index is 0.0488. The number of ether oxygens (including phenoxy) is 1. The molecule has 3 rings (SSSR count). The van der Waals surface area contributed by atoms with Gasteiger partial charge in [0.1, 0.15) is 0 Å². The van der Waals surface area contributed by atoms with E-state index in [0.717, 1.165) is 50.2 Å². The molecule has 2 heterocycles. The van der Waals surface area contributed by atoms with E-state index in [0.29, 0.717) is 6.42 Å². The molecule has 0 saturated carbocycles. The summed E-state index contributed by atoms with van der Waals surface area (Å²) in [5.74, 6) is 0.0488. The Morgan fingerprint density at radius 1 is 1.42 bits per heavy atom. The van der Waals surface area contributed by atoms with Crippen LogP contribution < -0.4 is 10.6 Å². The van der Waals surface area contributed by atoms with Crippen molar-refractivity contribution in [2.24, 2.45) is 0 Å². The number of nitrogens with one attached hydrogen (secondary N) is 2. The molecule has 0 radical (unpaired) electrons. The fraction of sp³-hybridized carbons (Fsp3) is 0.533. The molecule has 1 amide bonds. The molecular weight excluding hydrogens is 240 g/mol. The first-order chi connectivity index (χ1) is 9.33. The minimum Gasteiger partial charge on any atom is -0.383 e. The van der Waals surface area contributed by atoms with Gasteiger partial charge in [-0.15, -0.1) is 0 Å². The van der Waals surface area contributed by atoms with Crippen molar-refractivity contribution in [3.8, 4) is 0 Å². The summed E-state index contributed by atoms with van der Waals surface area (Å²) >= 11 is 0. The fourth-order valence-electron chi connectivity index (χ4n) is 2.83. The Morgan fingerprint density at radius 3 is 3.21 bits per heavy atom. The maximum atomic E-state index is 12.0. The number of amides is 1. The maximum absolute atomic E-state index is 12.0. The van der Waals surface area contributed by atoms with Gasteiger partial charge in [0.2, 0.25) is 5.91 Å². The van der Waals surface area contributed by atoms with Crippen LogP contribution in [0.5, 0.6) is 0 Å². The number of anilines is 2. The quantitative estimate of drug-likeness (QED) is 0.878.